The Hall–Kier alpha value is -4.86. The quantitative estimate of drug-likeness (QED) is 0.231. The summed E-state index contributed by atoms with van der Waals surface area (Å²) in [6.45, 7) is 10.9. The van der Waals surface area contributed by atoms with Crippen LogP contribution in [0.2, 0.25) is 0 Å². The van der Waals surface area contributed by atoms with E-state index in [4.69, 9.17) is 9.47 Å². The van der Waals surface area contributed by atoms with Crippen molar-refractivity contribution in [2.24, 2.45) is 5.92 Å². The molecule has 0 fully saturated rings. The van der Waals surface area contributed by atoms with Crippen LogP contribution in [0.1, 0.15) is 64.2 Å². The first kappa shape index (κ1) is 33.0. The van der Waals surface area contributed by atoms with E-state index in [1.54, 1.807) is 65.8 Å². The lowest BCUT2D eigenvalue weighted by molar-refractivity contribution is -0.128. The van der Waals surface area contributed by atoms with Gasteiger partial charge in [-0.15, -0.1) is 0 Å². The molecule has 2 atom stereocenters. The van der Waals surface area contributed by atoms with Crippen LogP contribution in [0.25, 0.3) is 11.1 Å². The zero-order chi connectivity index (χ0) is 32.7. The number of hydrogen-bond acceptors (Lipinski definition) is 6. The first-order valence-corrected chi connectivity index (χ1v) is 15.1. The van der Waals surface area contributed by atoms with E-state index in [9.17, 15) is 19.2 Å². The van der Waals surface area contributed by atoms with Crippen LogP contribution in [-0.2, 0) is 25.6 Å². The second kappa shape index (κ2) is 14.3. The molecule has 3 aromatic rings. The predicted molar refractivity (Wildman–Crippen MR) is 173 cm³/mol. The Kier molecular flexibility index (Phi) is 10.5. The topological polar surface area (TPSA) is 135 Å². The summed E-state index contributed by atoms with van der Waals surface area (Å²) in [5, 5.41) is 10.8. The molecule has 1 aliphatic carbocycles. The van der Waals surface area contributed by atoms with Crippen LogP contribution in [0.3, 0.4) is 0 Å². The van der Waals surface area contributed by atoms with Crippen molar-refractivity contribution in [3.63, 3.8) is 0 Å². The Balaban J connectivity index is 1.27. The molecule has 10 nitrogen and oxygen atoms in total. The number of carbonyl (C=O) groups is 4. The summed E-state index contributed by atoms with van der Waals surface area (Å²) < 4.78 is 10.9. The molecule has 0 radical (unpaired) electrons. The zero-order valence-corrected chi connectivity index (χ0v) is 26.6. The van der Waals surface area contributed by atoms with Crippen molar-refractivity contribution < 1.29 is 28.7 Å². The number of alkyl carbamates (subject to hydrolysis) is 2. The van der Waals surface area contributed by atoms with Crippen LogP contribution in [0.15, 0.2) is 72.8 Å². The summed E-state index contributed by atoms with van der Waals surface area (Å²) >= 11 is 0. The monoisotopic (exact) mass is 614 g/mol. The molecule has 238 valence electrons. The number of rotatable bonds is 10. The van der Waals surface area contributed by atoms with E-state index < -0.39 is 41.7 Å². The van der Waals surface area contributed by atoms with Crippen LogP contribution in [0.4, 0.5) is 15.3 Å². The Morgan fingerprint density at radius 2 is 1.33 bits per heavy atom. The molecule has 1 unspecified atom stereocenters. The maximum atomic E-state index is 13.1. The summed E-state index contributed by atoms with van der Waals surface area (Å²) in [5.41, 5.74) is 5.20. The minimum absolute atomic E-state index is 0.103. The van der Waals surface area contributed by atoms with Gasteiger partial charge >= 0.3 is 12.2 Å². The van der Waals surface area contributed by atoms with E-state index in [0.717, 1.165) is 27.8 Å². The number of amides is 4. The number of anilines is 1. The average Bonchev–Trinajstić information content (AvgIpc) is 3.31. The molecule has 0 bridgehead atoms. The lowest BCUT2D eigenvalue weighted by Gasteiger charge is -2.24. The number of carbonyl (C=O) groups excluding carboxylic acids is 4. The lowest BCUT2D eigenvalue weighted by atomic mass is 9.98. The first-order valence-electron chi connectivity index (χ1n) is 15.1. The van der Waals surface area contributed by atoms with Gasteiger partial charge < -0.3 is 30.7 Å². The standard InChI is InChI=1S/C35H42N4O6/c1-21(2)30(39-34(43)44-20-29-27-13-9-7-11-25(27)26-12-8-10-14-28(26)29)32(41)37-22(3)31(40)38-24-17-15-23(16-18-24)19-36-33(42)45-35(4,5)6/h7-18,21-22,29-30H,19-20H2,1-6H3,(H,36,42)(H,37,41)(H,38,40)(H,39,43)/t22-,30?/m0/s1. The van der Waals surface area contributed by atoms with Crippen LogP contribution in [0.5, 0.6) is 0 Å². The fourth-order valence-corrected chi connectivity index (χ4v) is 5.12. The molecule has 0 saturated heterocycles. The van der Waals surface area contributed by atoms with Crippen LogP contribution in [-0.4, -0.2) is 48.3 Å². The van der Waals surface area contributed by atoms with E-state index in [-0.39, 0.29) is 25.0 Å². The van der Waals surface area contributed by atoms with Crippen molar-refractivity contribution in [1.29, 1.82) is 0 Å². The molecule has 10 heteroatoms. The normalized spacial score (nSPS) is 13.6. The molecule has 1 aliphatic rings. The molecule has 0 aromatic heterocycles. The molecule has 0 saturated carbocycles. The highest BCUT2D eigenvalue weighted by atomic mass is 16.6. The fourth-order valence-electron chi connectivity index (χ4n) is 5.12. The average molecular weight is 615 g/mol. The third kappa shape index (κ3) is 8.84. The van der Waals surface area contributed by atoms with Crippen LogP contribution < -0.4 is 21.3 Å². The van der Waals surface area contributed by atoms with E-state index >= 15 is 0 Å². The lowest BCUT2D eigenvalue weighted by Crippen LogP contribution is -2.53. The smallest absolute Gasteiger partial charge is 0.407 e. The minimum Gasteiger partial charge on any atom is -0.449 e. The summed E-state index contributed by atoms with van der Waals surface area (Å²) in [7, 11) is 0. The van der Waals surface area contributed by atoms with Gasteiger partial charge in [-0.3, -0.25) is 9.59 Å². The third-order valence-electron chi connectivity index (χ3n) is 7.38. The van der Waals surface area contributed by atoms with Crippen molar-refractivity contribution >= 4 is 29.7 Å². The Morgan fingerprint density at radius 3 is 1.89 bits per heavy atom. The van der Waals surface area contributed by atoms with Crippen molar-refractivity contribution in [3.05, 3.63) is 89.5 Å². The minimum atomic E-state index is -0.910. The third-order valence-corrected chi connectivity index (χ3v) is 7.38. The van der Waals surface area contributed by atoms with Gasteiger partial charge in [0, 0.05) is 18.2 Å². The highest BCUT2D eigenvalue weighted by molar-refractivity contribution is 5.98. The summed E-state index contributed by atoms with van der Waals surface area (Å²) in [6.07, 6.45) is -1.22. The molecule has 3 aromatic carbocycles. The van der Waals surface area contributed by atoms with Gasteiger partial charge in [-0.1, -0.05) is 74.5 Å². The Bertz CT molecular complexity index is 1480. The molecule has 0 spiro atoms. The maximum Gasteiger partial charge on any atom is 0.407 e. The van der Waals surface area contributed by atoms with E-state index in [2.05, 4.69) is 33.4 Å². The van der Waals surface area contributed by atoms with Gasteiger partial charge in [0.05, 0.1) is 0 Å². The van der Waals surface area contributed by atoms with Gasteiger partial charge in [0.25, 0.3) is 0 Å². The molecular weight excluding hydrogens is 572 g/mol. The summed E-state index contributed by atoms with van der Waals surface area (Å²) in [6, 6.07) is 21.3. The highest BCUT2D eigenvalue weighted by Crippen LogP contribution is 2.44. The summed E-state index contributed by atoms with van der Waals surface area (Å²) in [4.78, 5) is 50.7. The van der Waals surface area contributed by atoms with Crippen molar-refractivity contribution in [1.82, 2.24) is 16.0 Å². The SMILES string of the molecule is CC(C)C(NC(=O)OCC1c2ccccc2-c2ccccc21)C(=O)N[C@@H](C)C(=O)Nc1ccc(CNC(=O)OC(C)(C)C)cc1. The second-order valence-corrected chi connectivity index (χ2v) is 12.5. The van der Waals surface area contributed by atoms with Gasteiger partial charge in [-0.05, 0) is 73.6 Å². The van der Waals surface area contributed by atoms with Crippen molar-refractivity contribution in [3.8, 4) is 11.1 Å². The van der Waals surface area contributed by atoms with Gasteiger partial charge in [0.1, 0.15) is 24.3 Å². The van der Waals surface area contributed by atoms with E-state index in [0.29, 0.717) is 5.69 Å². The van der Waals surface area contributed by atoms with Gasteiger partial charge in [0.15, 0.2) is 0 Å². The molecule has 4 rings (SSSR count). The fraction of sp³-hybridized carbons (Fsp3) is 0.371. The molecule has 45 heavy (non-hydrogen) atoms. The maximum absolute atomic E-state index is 13.1. The van der Waals surface area contributed by atoms with Crippen molar-refractivity contribution in [2.45, 2.75) is 71.7 Å². The zero-order valence-electron chi connectivity index (χ0n) is 26.6. The van der Waals surface area contributed by atoms with E-state index in [1.165, 1.54) is 0 Å². The van der Waals surface area contributed by atoms with Crippen LogP contribution in [0, 0.1) is 5.92 Å². The molecule has 4 amide bonds. The predicted octanol–water partition coefficient (Wildman–Crippen LogP) is 5.72. The molecule has 0 heterocycles. The Labute approximate surface area is 264 Å². The van der Waals surface area contributed by atoms with Gasteiger partial charge in [-0.2, -0.15) is 0 Å². The number of hydrogen-bond donors (Lipinski definition) is 4. The number of fused-ring (bicyclic) bond motifs is 3. The van der Waals surface area contributed by atoms with Gasteiger partial charge in [-0.25, -0.2) is 9.59 Å². The van der Waals surface area contributed by atoms with Crippen molar-refractivity contribution in [2.75, 3.05) is 11.9 Å². The molecular formula is C35H42N4O6. The Morgan fingerprint density at radius 1 is 0.756 bits per heavy atom. The number of nitrogens with one attached hydrogen (secondary N) is 4. The van der Waals surface area contributed by atoms with E-state index in [1.807, 2.05) is 36.4 Å². The second-order valence-electron chi connectivity index (χ2n) is 12.5. The summed E-state index contributed by atoms with van der Waals surface area (Å²) in [5.74, 6) is -1.28. The number of benzene rings is 3. The number of ether oxygens (including phenoxy) is 2. The highest BCUT2D eigenvalue weighted by Gasteiger charge is 2.31. The first-order chi connectivity index (χ1) is 21.3. The largest absolute Gasteiger partial charge is 0.449 e. The van der Waals surface area contributed by atoms with Gasteiger partial charge in [0.2, 0.25) is 11.8 Å². The molecule has 4 N–H and O–H groups in total. The van der Waals surface area contributed by atoms with Crippen LogP contribution >= 0.6 is 0 Å². The molecule has 0 aliphatic heterocycles.